The quantitative estimate of drug-likeness (QED) is 0.490. The summed E-state index contributed by atoms with van der Waals surface area (Å²) in [6.45, 7) is 4.09. The van der Waals surface area contributed by atoms with Crippen molar-refractivity contribution < 1.29 is 48.0 Å². The van der Waals surface area contributed by atoms with E-state index >= 15 is 0 Å². The van der Waals surface area contributed by atoms with Gasteiger partial charge in [0.2, 0.25) is 0 Å². The third kappa shape index (κ3) is 5.78. The molecule has 10 nitrogen and oxygen atoms in total. The Morgan fingerprint density at radius 2 is 1.25 bits per heavy atom. The number of carbonyl (C=O) groups excluding carboxylic acids is 4. The molecule has 0 aromatic carbocycles. The first-order valence-electron chi connectivity index (χ1n) is 7.10. The van der Waals surface area contributed by atoms with Gasteiger partial charge in [-0.15, -0.1) is 0 Å². The second-order valence-corrected chi connectivity index (χ2v) is 5.09. The minimum atomic E-state index is -1.68. The molecule has 1 fully saturated rings. The molecule has 1 aliphatic rings. The lowest BCUT2D eigenvalue weighted by Crippen LogP contribution is -2.62. The minimum absolute atomic E-state index is 0.366. The molecule has 1 aliphatic heterocycles. The summed E-state index contributed by atoms with van der Waals surface area (Å²) >= 11 is 0. The van der Waals surface area contributed by atoms with Crippen molar-refractivity contribution >= 4 is 23.9 Å². The van der Waals surface area contributed by atoms with Crippen LogP contribution in [-0.2, 0) is 42.9 Å². The first kappa shape index (κ1) is 19.8. The first-order chi connectivity index (χ1) is 11.1. The molecule has 0 unspecified atom stereocenters. The van der Waals surface area contributed by atoms with Gasteiger partial charge in [-0.3, -0.25) is 19.2 Å². The lowest BCUT2D eigenvalue weighted by Gasteiger charge is -2.42. The van der Waals surface area contributed by atoms with Gasteiger partial charge in [-0.05, 0) is 0 Å². The van der Waals surface area contributed by atoms with Gasteiger partial charge in [-0.1, -0.05) is 0 Å². The molecule has 1 saturated heterocycles. The van der Waals surface area contributed by atoms with Crippen LogP contribution >= 0.6 is 0 Å². The van der Waals surface area contributed by atoms with Gasteiger partial charge in [-0.25, -0.2) is 0 Å². The van der Waals surface area contributed by atoms with E-state index in [1.54, 1.807) is 0 Å². The molecule has 1 heterocycles. The number of carbonyl (C=O) groups is 4. The molecule has 0 saturated carbocycles. The average Bonchev–Trinajstić information content (AvgIpc) is 2.42. The Morgan fingerprint density at radius 1 is 0.792 bits per heavy atom. The van der Waals surface area contributed by atoms with Crippen LogP contribution in [0.3, 0.4) is 0 Å². The maximum Gasteiger partial charge on any atom is 0.303 e. The molecule has 0 amide bonds. The van der Waals surface area contributed by atoms with Crippen molar-refractivity contribution in [2.24, 2.45) is 0 Å². The molecule has 0 aliphatic carbocycles. The van der Waals surface area contributed by atoms with Crippen molar-refractivity contribution in [3.8, 4) is 0 Å². The van der Waals surface area contributed by atoms with E-state index in [2.05, 4.69) is 0 Å². The van der Waals surface area contributed by atoms with Gasteiger partial charge < -0.3 is 28.8 Å². The van der Waals surface area contributed by atoms with E-state index < -0.39 is 54.6 Å². The Labute approximate surface area is 137 Å². The van der Waals surface area contributed by atoms with Crippen LogP contribution in [0.2, 0.25) is 0 Å². The molecule has 0 bridgehead atoms. The fraction of sp³-hybridized carbons (Fsp3) is 0.714. The van der Waals surface area contributed by atoms with Gasteiger partial charge in [-0.2, -0.15) is 0 Å². The predicted octanol–water partition coefficient (Wildman–Crippen LogP) is -0.938. The predicted molar refractivity (Wildman–Crippen MR) is 74.2 cm³/mol. The lowest BCUT2D eigenvalue weighted by molar-refractivity contribution is -0.296. The third-order valence-corrected chi connectivity index (χ3v) is 2.97. The largest absolute Gasteiger partial charge is 0.463 e. The van der Waals surface area contributed by atoms with Crippen molar-refractivity contribution in [2.45, 2.75) is 58.4 Å². The van der Waals surface area contributed by atoms with Gasteiger partial charge in [0.15, 0.2) is 24.6 Å². The molecule has 5 atom stereocenters. The summed E-state index contributed by atoms with van der Waals surface area (Å²) in [7, 11) is 0. The summed E-state index contributed by atoms with van der Waals surface area (Å²) in [6.07, 6.45) is -6.79. The average molecular weight is 348 g/mol. The number of hydrogen-bond donors (Lipinski definition) is 1. The Morgan fingerprint density at radius 3 is 1.71 bits per heavy atom. The highest BCUT2D eigenvalue weighted by atomic mass is 16.7. The maximum atomic E-state index is 11.3. The van der Waals surface area contributed by atoms with E-state index in [1.807, 2.05) is 0 Å². The number of ether oxygens (including phenoxy) is 5. The third-order valence-electron chi connectivity index (χ3n) is 2.97. The van der Waals surface area contributed by atoms with Gasteiger partial charge in [0, 0.05) is 27.7 Å². The van der Waals surface area contributed by atoms with E-state index in [9.17, 15) is 24.3 Å². The number of esters is 4. The zero-order valence-corrected chi connectivity index (χ0v) is 13.7. The fourth-order valence-corrected chi connectivity index (χ4v) is 2.21. The van der Waals surface area contributed by atoms with E-state index in [0.29, 0.717) is 0 Å². The van der Waals surface area contributed by atoms with Crippen LogP contribution in [0.15, 0.2) is 0 Å². The van der Waals surface area contributed by atoms with Crippen LogP contribution < -0.4 is 0 Å². The molecule has 1 N–H and O–H groups in total. The first-order valence-corrected chi connectivity index (χ1v) is 7.10. The smallest absolute Gasteiger partial charge is 0.303 e. The monoisotopic (exact) mass is 348 g/mol. The maximum absolute atomic E-state index is 11.3. The van der Waals surface area contributed by atoms with Gasteiger partial charge in [0.1, 0.15) is 12.7 Å². The minimum Gasteiger partial charge on any atom is -0.463 e. The van der Waals surface area contributed by atoms with Gasteiger partial charge in [0.05, 0.1) is 0 Å². The summed E-state index contributed by atoms with van der Waals surface area (Å²) in [5.41, 5.74) is 0. The Hall–Kier alpha value is -2.20. The topological polar surface area (TPSA) is 135 Å². The molecular formula is C14H20O10. The van der Waals surface area contributed by atoms with Crippen molar-refractivity contribution in [3.63, 3.8) is 0 Å². The number of hydrogen-bond acceptors (Lipinski definition) is 10. The second-order valence-electron chi connectivity index (χ2n) is 5.09. The molecule has 1 rings (SSSR count). The Balaban J connectivity index is 3.11. The number of rotatable bonds is 5. The second kappa shape index (κ2) is 8.60. The summed E-state index contributed by atoms with van der Waals surface area (Å²) < 4.78 is 25.0. The Bertz CT molecular complexity index is 502. The highest BCUT2D eigenvalue weighted by Crippen LogP contribution is 2.28. The summed E-state index contributed by atoms with van der Waals surface area (Å²) in [5.74, 6) is -2.87. The Kier molecular flexibility index (Phi) is 7.11. The molecule has 136 valence electrons. The lowest BCUT2D eigenvalue weighted by atomic mass is 9.98. The van der Waals surface area contributed by atoms with Crippen molar-refractivity contribution in [3.05, 3.63) is 0 Å². The fourth-order valence-electron chi connectivity index (χ4n) is 2.21. The normalized spacial score (nSPS) is 29.3. The zero-order valence-electron chi connectivity index (χ0n) is 13.7. The van der Waals surface area contributed by atoms with Crippen molar-refractivity contribution in [2.75, 3.05) is 6.61 Å². The highest BCUT2D eigenvalue weighted by Gasteiger charge is 2.51. The summed E-state index contributed by atoms with van der Waals surface area (Å²) in [6, 6.07) is 0. The molecule has 0 aromatic heterocycles. The standard InChI is InChI=1S/C14H20O10/c1-6(15)20-5-10-11(21-7(2)16)12(22-8(3)17)13(14(19)24-10)23-9(4)18/h10-14,19H,5H2,1-4H3/t10-,11-,12-,13-,14+/m0/s1. The molecule has 10 heteroatoms. The van der Waals surface area contributed by atoms with E-state index in [1.165, 1.54) is 0 Å². The SMILES string of the molecule is CC(=O)OC[C@@H]1O[C@@H](O)[C@@H](OC(C)=O)[C@@H](OC(C)=O)[C@H]1OC(C)=O. The number of aliphatic hydroxyl groups excluding tert-OH is 1. The highest BCUT2D eigenvalue weighted by molar-refractivity contribution is 5.68. The van der Waals surface area contributed by atoms with Crippen LogP contribution in [0.4, 0.5) is 0 Å². The van der Waals surface area contributed by atoms with Crippen molar-refractivity contribution in [1.82, 2.24) is 0 Å². The van der Waals surface area contributed by atoms with Crippen LogP contribution in [-0.4, -0.2) is 66.3 Å². The molecule has 0 aromatic rings. The van der Waals surface area contributed by atoms with Crippen LogP contribution in [0.5, 0.6) is 0 Å². The number of aliphatic hydroxyl groups is 1. The van der Waals surface area contributed by atoms with E-state index in [-0.39, 0.29) is 6.61 Å². The van der Waals surface area contributed by atoms with Crippen molar-refractivity contribution in [1.29, 1.82) is 0 Å². The van der Waals surface area contributed by atoms with E-state index in [4.69, 9.17) is 23.7 Å². The molecule has 0 spiro atoms. The zero-order chi connectivity index (χ0) is 18.4. The molecular weight excluding hydrogens is 328 g/mol. The molecule has 0 radical (unpaired) electrons. The molecule has 24 heavy (non-hydrogen) atoms. The van der Waals surface area contributed by atoms with E-state index in [0.717, 1.165) is 27.7 Å². The summed E-state index contributed by atoms with van der Waals surface area (Å²) in [5, 5.41) is 10.0. The summed E-state index contributed by atoms with van der Waals surface area (Å²) in [4.78, 5) is 44.9. The van der Waals surface area contributed by atoms with Gasteiger partial charge in [0.25, 0.3) is 0 Å². The van der Waals surface area contributed by atoms with Crippen LogP contribution in [0.25, 0.3) is 0 Å². The van der Waals surface area contributed by atoms with Crippen LogP contribution in [0.1, 0.15) is 27.7 Å². The van der Waals surface area contributed by atoms with Crippen LogP contribution in [0, 0.1) is 0 Å². The van der Waals surface area contributed by atoms with Gasteiger partial charge >= 0.3 is 23.9 Å².